The Bertz CT molecular complexity index is 1050. The third kappa shape index (κ3) is 4.74. The van der Waals surface area contributed by atoms with Crippen molar-refractivity contribution in [3.8, 4) is 11.1 Å². The molecule has 0 aliphatic heterocycles. The van der Waals surface area contributed by atoms with E-state index in [1.54, 1.807) is 12.1 Å². The van der Waals surface area contributed by atoms with Crippen LogP contribution < -0.4 is 5.32 Å². The van der Waals surface area contributed by atoms with Crippen LogP contribution in [0.25, 0.3) is 11.1 Å². The molecule has 0 bridgehead atoms. The number of rotatable bonds is 7. The van der Waals surface area contributed by atoms with Crippen molar-refractivity contribution in [1.82, 2.24) is 5.32 Å². The number of carbonyl (C=O) groups excluding carboxylic acids is 1. The van der Waals surface area contributed by atoms with Gasteiger partial charge in [-0.3, -0.25) is 4.79 Å². The van der Waals surface area contributed by atoms with Gasteiger partial charge >= 0.3 is 12.1 Å². The number of amides is 1. The molecular formula is C25H22FNO4. The first-order chi connectivity index (χ1) is 15.0. The summed E-state index contributed by atoms with van der Waals surface area (Å²) < 4.78 is 18.6. The van der Waals surface area contributed by atoms with Gasteiger partial charge in [-0.2, -0.15) is 0 Å². The van der Waals surface area contributed by atoms with Crippen molar-refractivity contribution in [2.75, 3.05) is 6.61 Å². The minimum absolute atomic E-state index is 0.0758. The molecule has 2 N–H and O–H groups in total. The maximum atomic E-state index is 13.1. The normalized spacial score (nSPS) is 13.2. The average molecular weight is 419 g/mol. The number of aliphatic carboxylic acids is 1. The fraction of sp³-hybridized carbons (Fsp3) is 0.200. The standard InChI is InChI=1S/C25H22FNO4/c26-17-11-9-16(10-12-17)13-18(14-24(28)29)27-25(30)31-15-23-21-7-3-1-5-19(21)20-6-2-4-8-22(20)23/h1-12,18,23H,13-15H2,(H,27,30)(H,28,29)/t18-/m1/s1. The second-order valence-corrected chi connectivity index (χ2v) is 7.60. The molecule has 0 saturated heterocycles. The molecule has 4 rings (SSSR count). The molecule has 3 aromatic rings. The topological polar surface area (TPSA) is 75.6 Å². The lowest BCUT2D eigenvalue weighted by Crippen LogP contribution is -2.39. The molecule has 0 fully saturated rings. The molecule has 1 aliphatic carbocycles. The molecule has 3 aromatic carbocycles. The molecule has 1 atom stereocenters. The highest BCUT2D eigenvalue weighted by atomic mass is 19.1. The third-order valence-corrected chi connectivity index (χ3v) is 5.48. The Morgan fingerprint density at radius 3 is 2.10 bits per heavy atom. The highest BCUT2D eigenvalue weighted by molar-refractivity contribution is 5.79. The van der Waals surface area contributed by atoms with Crippen molar-refractivity contribution in [3.63, 3.8) is 0 Å². The summed E-state index contributed by atoms with van der Waals surface area (Å²) in [5.74, 6) is -1.48. The number of hydrogen-bond donors (Lipinski definition) is 2. The summed E-state index contributed by atoms with van der Waals surface area (Å²) in [5, 5.41) is 11.8. The van der Waals surface area contributed by atoms with E-state index in [0.717, 1.165) is 27.8 Å². The van der Waals surface area contributed by atoms with Crippen molar-refractivity contribution < 1.29 is 23.8 Å². The number of hydrogen-bond acceptors (Lipinski definition) is 3. The van der Waals surface area contributed by atoms with E-state index in [9.17, 15) is 19.1 Å². The maximum absolute atomic E-state index is 13.1. The van der Waals surface area contributed by atoms with Crippen LogP contribution in [0.3, 0.4) is 0 Å². The summed E-state index contributed by atoms with van der Waals surface area (Å²) in [5.41, 5.74) is 5.20. The molecule has 0 spiro atoms. The summed E-state index contributed by atoms with van der Waals surface area (Å²) in [4.78, 5) is 23.7. The lowest BCUT2D eigenvalue weighted by atomic mass is 9.98. The number of carbonyl (C=O) groups is 2. The van der Waals surface area contributed by atoms with Gasteiger partial charge in [-0.25, -0.2) is 9.18 Å². The lowest BCUT2D eigenvalue weighted by Gasteiger charge is -2.19. The van der Waals surface area contributed by atoms with Crippen LogP contribution in [0.15, 0.2) is 72.8 Å². The molecule has 0 heterocycles. The monoisotopic (exact) mass is 419 g/mol. The number of carboxylic acid groups (broad SMARTS) is 1. The smallest absolute Gasteiger partial charge is 0.407 e. The number of nitrogens with one attached hydrogen (secondary N) is 1. The molecule has 6 heteroatoms. The molecule has 31 heavy (non-hydrogen) atoms. The first-order valence-electron chi connectivity index (χ1n) is 10.1. The van der Waals surface area contributed by atoms with Gasteiger partial charge in [-0.05, 0) is 46.4 Å². The number of halogens is 1. The van der Waals surface area contributed by atoms with E-state index in [0.29, 0.717) is 0 Å². The van der Waals surface area contributed by atoms with Gasteiger partial charge in [0.25, 0.3) is 0 Å². The second-order valence-electron chi connectivity index (χ2n) is 7.60. The quantitative estimate of drug-likeness (QED) is 0.580. The van der Waals surface area contributed by atoms with E-state index in [4.69, 9.17) is 4.74 Å². The van der Waals surface area contributed by atoms with E-state index in [-0.39, 0.29) is 31.2 Å². The van der Waals surface area contributed by atoms with E-state index in [1.165, 1.54) is 12.1 Å². The summed E-state index contributed by atoms with van der Waals surface area (Å²) in [6.45, 7) is 0.149. The van der Waals surface area contributed by atoms with Crippen LogP contribution in [0, 0.1) is 5.82 Å². The molecule has 158 valence electrons. The molecule has 0 saturated carbocycles. The van der Waals surface area contributed by atoms with E-state index < -0.39 is 18.1 Å². The SMILES string of the molecule is O=C(O)C[C@@H](Cc1ccc(F)cc1)NC(=O)OCC1c2ccccc2-c2ccccc21. The zero-order valence-electron chi connectivity index (χ0n) is 16.8. The van der Waals surface area contributed by atoms with Crippen molar-refractivity contribution in [2.24, 2.45) is 0 Å². The number of benzene rings is 3. The Hall–Kier alpha value is -3.67. The van der Waals surface area contributed by atoms with Crippen LogP contribution >= 0.6 is 0 Å². The minimum Gasteiger partial charge on any atom is -0.481 e. The van der Waals surface area contributed by atoms with E-state index in [2.05, 4.69) is 17.4 Å². The van der Waals surface area contributed by atoms with Gasteiger partial charge in [0.05, 0.1) is 6.42 Å². The molecule has 5 nitrogen and oxygen atoms in total. The molecule has 0 aromatic heterocycles. The molecule has 1 aliphatic rings. The number of carboxylic acids is 1. The Labute approximate surface area is 179 Å². The maximum Gasteiger partial charge on any atom is 0.407 e. The van der Waals surface area contributed by atoms with Crippen molar-refractivity contribution >= 4 is 12.1 Å². The fourth-order valence-corrected chi connectivity index (χ4v) is 4.10. The Kier molecular flexibility index (Phi) is 5.98. The second kappa shape index (κ2) is 9.00. The molecule has 0 radical (unpaired) electrons. The summed E-state index contributed by atoms with van der Waals surface area (Å²) >= 11 is 0. The predicted molar refractivity (Wildman–Crippen MR) is 114 cm³/mol. The fourth-order valence-electron chi connectivity index (χ4n) is 4.10. The average Bonchev–Trinajstić information content (AvgIpc) is 3.07. The molecule has 1 amide bonds. The zero-order chi connectivity index (χ0) is 21.8. The van der Waals surface area contributed by atoms with Gasteiger partial charge in [0.1, 0.15) is 12.4 Å². The first-order valence-corrected chi connectivity index (χ1v) is 10.1. The van der Waals surface area contributed by atoms with Crippen LogP contribution in [-0.2, 0) is 16.0 Å². The van der Waals surface area contributed by atoms with Crippen LogP contribution in [0.4, 0.5) is 9.18 Å². The Morgan fingerprint density at radius 2 is 1.52 bits per heavy atom. The third-order valence-electron chi connectivity index (χ3n) is 5.48. The molecular weight excluding hydrogens is 397 g/mol. The minimum atomic E-state index is -1.04. The van der Waals surface area contributed by atoms with Crippen molar-refractivity contribution in [2.45, 2.75) is 24.8 Å². The van der Waals surface area contributed by atoms with Gasteiger partial charge in [0.2, 0.25) is 0 Å². The van der Waals surface area contributed by atoms with Crippen LogP contribution in [0.5, 0.6) is 0 Å². The predicted octanol–water partition coefficient (Wildman–Crippen LogP) is 4.75. The van der Waals surface area contributed by atoms with E-state index >= 15 is 0 Å². The van der Waals surface area contributed by atoms with Gasteiger partial charge in [-0.15, -0.1) is 0 Å². The zero-order valence-corrected chi connectivity index (χ0v) is 16.8. The highest BCUT2D eigenvalue weighted by Crippen LogP contribution is 2.44. The summed E-state index contributed by atoms with van der Waals surface area (Å²) in [6.07, 6.45) is -0.673. The van der Waals surface area contributed by atoms with Gasteiger partial charge in [0, 0.05) is 12.0 Å². The summed E-state index contributed by atoms with van der Waals surface area (Å²) in [6, 6.07) is 21.2. The number of ether oxygens (including phenoxy) is 1. The molecule has 0 unspecified atom stereocenters. The van der Waals surface area contributed by atoms with Gasteiger partial charge in [-0.1, -0.05) is 60.7 Å². The van der Waals surface area contributed by atoms with Crippen molar-refractivity contribution in [1.29, 1.82) is 0 Å². The largest absolute Gasteiger partial charge is 0.481 e. The number of fused-ring (bicyclic) bond motifs is 3. The van der Waals surface area contributed by atoms with Crippen LogP contribution in [0.2, 0.25) is 0 Å². The van der Waals surface area contributed by atoms with E-state index in [1.807, 2.05) is 36.4 Å². The van der Waals surface area contributed by atoms with Crippen LogP contribution in [-0.4, -0.2) is 29.8 Å². The lowest BCUT2D eigenvalue weighted by molar-refractivity contribution is -0.137. The first kappa shape index (κ1) is 20.6. The Balaban J connectivity index is 1.42. The number of alkyl carbamates (subject to hydrolysis) is 1. The Morgan fingerprint density at radius 1 is 0.935 bits per heavy atom. The van der Waals surface area contributed by atoms with Crippen LogP contribution in [0.1, 0.15) is 29.0 Å². The summed E-state index contributed by atoms with van der Waals surface area (Å²) in [7, 11) is 0. The van der Waals surface area contributed by atoms with Gasteiger partial charge in [0.15, 0.2) is 0 Å². The van der Waals surface area contributed by atoms with Crippen molar-refractivity contribution in [3.05, 3.63) is 95.3 Å². The van der Waals surface area contributed by atoms with Gasteiger partial charge < -0.3 is 15.2 Å². The highest BCUT2D eigenvalue weighted by Gasteiger charge is 2.29.